The van der Waals surface area contributed by atoms with Gasteiger partial charge in [-0.1, -0.05) is 47.5 Å². The second kappa shape index (κ2) is 12.2. The van der Waals surface area contributed by atoms with Crippen molar-refractivity contribution >= 4 is 55.1 Å². The number of benzene rings is 3. The van der Waals surface area contributed by atoms with Gasteiger partial charge in [0, 0.05) is 21.8 Å². The van der Waals surface area contributed by atoms with Crippen molar-refractivity contribution in [2.24, 2.45) is 0 Å². The van der Waals surface area contributed by atoms with Crippen molar-refractivity contribution < 1.29 is 9.47 Å². The van der Waals surface area contributed by atoms with Gasteiger partial charge in [-0.05, 0) is 88.5 Å². The maximum atomic E-state index is 14.3. The van der Waals surface area contributed by atoms with Crippen molar-refractivity contribution in [3.63, 3.8) is 0 Å². The van der Waals surface area contributed by atoms with Crippen molar-refractivity contribution in [3.05, 3.63) is 122 Å². The molecule has 0 atom stereocenters. The summed E-state index contributed by atoms with van der Waals surface area (Å²) < 4.78 is 15.5. The number of aromatic nitrogens is 4. The van der Waals surface area contributed by atoms with Gasteiger partial charge in [0.1, 0.15) is 0 Å². The highest BCUT2D eigenvalue weighted by molar-refractivity contribution is 9.13. The van der Waals surface area contributed by atoms with Gasteiger partial charge in [-0.2, -0.15) is 0 Å². The van der Waals surface area contributed by atoms with Crippen LogP contribution in [0.4, 0.5) is 0 Å². The van der Waals surface area contributed by atoms with Gasteiger partial charge < -0.3 is 9.47 Å². The lowest BCUT2D eigenvalue weighted by Crippen LogP contribution is -2.26. The van der Waals surface area contributed by atoms with Crippen LogP contribution in [-0.4, -0.2) is 33.3 Å². The highest BCUT2D eigenvalue weighted by atomic mass is 79.9. The summed E-state index contributed by atoms with van der Waals surface area (Å²) >= 11 is 20.3. The quantitative estimate of drug-likeness (QED) is 0.171. The van der Waals surface area contributed by atoms with E-state index in [1.807, 2.05) is 6.92 Å². The van der Waals surface area contributed by atoms with Crippen molar-refractivity contribution in [2.45, 2.75) is 26.7 Å². The molecule has 0 saturated heterocycles. The molecule has 0 amide bonds. The van der Waals surface area contributed by atoms with Crippen LogP contribution in [0, 0.1) is 13.8 Å². The lowest BCUT2D eigenvalue weighted by molar-refractivity contribution is 0.308. The number of aryl methyl sites for hydroxylation is 2. The van der Waals surface area contributed by atoms with E-state index in [1.54, 1.807) is 68.4 Å². The molecule has 0 fully saturated rings. The van der Waals surface area contributed by atoms with Gasteiger partial charge in [0.05, 0.1) is 50.7 Å². The number of hydrogen-bond acceptors (Lipinski definition) is 4. The van der Waals surface area contributed by atoms with Crippen LogP contribution >= 0.6 is 55.1 Å². The molecule has 2 N–H and O–H groups in total. The fraction of sp³-hybridized carbons (Fsp3) is 0.200. The van der Waals surface area contributed by atoms with Gasteiger partial charge >= 0.3 is 0 Å². The van der Waals surface area contributed by atoms with Crippen LogP contribution in [0.25, 0.3) is 11.4 Å². The molecule has 0 aliphatic rings. The number of ether oxygens (including phenoxy) is 2. The third-order valence-corrected chi connectivity index (χ3v) is 9.76. The molecule has 3 aromatic carbocycles. The maximum absolute atomic E-state index is 14.3. The number of nitrogens with zero attached hydrogens (tertiary/aromatic N) is 2. The summed E-state index contributed by atoms with van der Waals surface area (Å²) in [5, 5.41) is 7.13. The maximum Gasteiger partial charge on any atom is 0.275 e. The highest BCUT2D eigenvalue weighted by Gasteiger charge is 2.34. The van der Waals surface area contributed by atoms with Gasteiger partial charge in [-0.15, -0.1) is 0 Å². The molecule has 42 heavy (non-hydrogen) atoms. The number of methoxy groups -OCH3 is 1. The summed E-state index contributed by atoms with van der Waals surface area (Å²) in [5.74, 6) is 0.0827. The average molecular weight is 737 g/mol. The van der Waals surface area contributed by atoms with Crippen LogP contribution in [0.2, 0.25) is 10.0 Å². The largest absolute Gasteiger partial charge is 0.493 e. The normalized spacial score (nSPS) is 11.4. The molecule has 2 aromatic heterocycles. The van der Waals surface area contributed by atoms with Crippen LogP contribution in [0.3, 0.4) is 0 Å². The highest BCUT2D eigenvalue weighted by Crippen LogP contribution is 2.47. The van der Waals surface area contributed by atoms with E-state index in [4.69, 9.17) is 32.7 Å². The third kappa shape index (κ3) is 5.15. The Morgan fingerprint density at radius 2 is 1.31 bits per heavy atom. The van der Waals surface area contributed by atoms with E-state index in [9.17, 15) is 9.59 Å². The Hall–Kier alpha value is -3.18. The molecule has 12 heteroatoms. The van der Waals surface area contributed by atoms with Crippen LogP contribution in [-0.2, 0) is 0 Å². The molecular formula is C30H26Br2Cl2N4O4. The smallest absolute Gasteiger partial charge is 0.275 e. The first-order valence-corrected chi connectivity index (χ1v) is 15.3. The number of aromatic amines is 2. The Morgan fingerprint density at radius 1 is 0.833 bits per heavy atom. The molecule has 5 rings (SSSR count). The van der Waals surface area contributed by atoms with Gasteiger partial charge in [0.15, 0.2) is 11.5 Å². The predicted molar refractivity (Wildman–Crippen MR) is 173 cm³/mol. The molecule has 5 aromatic rings. The minimum absolute atomic E-state index is 0.356. The summed E-state index contributed by atoms with van der Waals surface area (Å²) in [6, 6.07) is 15.9. The Bertz CT molecular complexity index is 1820. The van der Waals surface area contributed by atoms with Gasteiger partial charge in [-0.25, -0.2) is 9.36 Å². The zero-order valence-corrected chi connectivity index (χ0v) is 27.7. The summed E-state index contributed by atoms with van der Waals surface area (Å²) in [7, 11) is 1.54. The monoisotopic (exact) mass is 734 g/mol. The van der Waals surface area contributed by atoms with Crippen LogP contribution in [0.15, 0.2) is 73.1 Å². The zero-order chi connectivity index (χ0) is 30.3. The first-order chi connectivity index (χ1) is 20.1. The van der Waals surface area contributed by atoms with Crippen molar-refractivity contribution in [3.8, 4) is 22.9 Å². The minimum atomic E-state index is -0.847. The Balaban J connectivity index is 1.87. The van der Waals surface area contributed by atoms with E-state index in [0.717, 1.165) is 0 Å². The number of rotatable bonds is 8. The minimum Gasteiger partial charge on any atom is -0.493 e. The molecular weight excluding hydrogens is 711 g/mol. The van der Waals surface area contributed by atoms with Gasteiger partial charge in [-0.3, -0.25) is 19.8 Å². The van der Waals surface area contributed by atoms with E-state index < -0.39 is 5.92 Å². The van der Waals surface area contributed by atoms with Gasteiger partial charge in [0.2, 0.25) is 0 Å². The molecule has 0 aliphatic heterocycles. The molecule has 2 heterocycles. The summed E-state index contributed by atoms with van der Waals surface area (Å²) in [6.07, 6.45) is 0. The molecule has 0 aliphatic carbocycles. The number of nitrogens with one attached hydrogen (secondary N) is 2. The van der Waals surface area contributed by atoms with Crippen LogP contribution in [0.1, 0.15) is 40.9 Å². The number of halogens is 4. The molecule has 0 bridgehead atoms. The fourth-order valence-electron chi connectivity index (χ4n) is 5.11. The van der Waals surface area contributed by atoms with Gasteiger partial charge in [0.25, 0.3) is 11.1 Å². The summed E-state index contributed by atoms with van der Waals surface area (Å²) in [5.41, 5.74) is 2.71. The van der Waals surface area contributed by atoms with E-state index in [2.05, 4.69) is 42.1 Å². The average Bonchev–Trinajstić information content (AvgIpc) is 3.42. The predicted octanol–water partition coefficient (Wildman–Crippen LogP) is 7.68. The summed E-state index contributed by atoms with van der Waals surface area (Å²) in [6.45, 7) is 5.86. The first-order valence-electron chi connectivity index (χ1n) is 12.9. The molecule has 0 unspecified atom stereocenters. The first kappa shape index (κ1) is 30.3. The molecule has 218 valence electrons. The van der Waals surface area contributed by atoms with Crippen molar-refractivity contribution in [2.75, 3.05) is 13.7 Å². The summed E-state index contributed by atoms with van der Waals surface area (Å²) in [4.78, 5) is 28.5. The lowest BCUT2D eigenvalue weighted by atomic mass is 9.85. The Kier molecular flexibility index (Phi) is 8.80. The zero-order valence-electron chi connectivity index (χ0n) is 23.0. The second-order valence-corrected chi connectivity index (χ2v) is 11.9. The number of para-hydroxylation sites is 2. The van der Waals surface area contributed by atoms with Crippen molar-refractivity contribution in [1.82, 2.24) is 19.6 Å². The third-order valence-electron chi connectivity index (χ3n) is 6.97. The van der Waals surface area contributed by atoms with Crippen LogP contribution in [0.5, 0.6) is 11.5 Å². The second-order valence-electron chi connectivity index (χ2n) is 9.48. The lowest BCUT2D eigenvalue weighted by Gasteiger charge is -2.21. The van der Waals surface area contributed by atoms with E-state index in [0.29, 0.717) is 76.5 Å². The van der Waals surface area contributed by atoms with E-state index in [1.165, 1.54) is 16.5 Å². The Labute approximate surface area is 268 Å². The molecule has 0 radical (unpaired) electrons. The number of H-pyrrole nitrogens is 2. The molecule has 0 spiro atoms. The molecule has 0 saturated carbocycles. The van der Waals surface area contributed by atoms with E-state index in [-0.39, 0.29) is 11.1 Å². The molecule has 8 nitrogen and oxygen atoms in total. The van der Waals surface area contributed by atoms with Crippen molar-refractivity contribution in [1.29, 1.82) is 0 Å². The Morgan fingerprint density at radius 3 is 1.74 bits per heavy atom. The number of hydrogen-bond donors (Lipinski definition) is 2. The van der Waals surface area contributed by atoms with Crippen LogP contribution < -0.4 is 20.6 Å². The SMILES string of the molecule is CCOc1c(OC)cc(C(c2c(C)[nH]n(-c3ccccc3Cl)c2=O)c2c(C)[nH]n(-c3ccccc3Cl)c2=O)c(Br)c1Br. The van der Waals surface area contributed by atoms with E-state index >= 15 is 0 Å². The standard InChI is InChI=1S/C30H26Br2Cl2N4O4/c1-5-42-28-22(41-4)14-17(26(31)27(28)32)25(23-15(2)35-37(29(23)39)20-12-8-6-10-18(20)33)24-16(3)36-38(30(24)40)21-13-9-7-11-19(21)34/h6-14,25,35-36H,5H2,1-4H3. The fourth-order valence-corrected chi connectivity index (χ4v) is 6.61. The topological polar surface area (TPSA) is 94.0 Å².